The van der Waals surface area contributed by atoms with Crippen molar-refractivity contribution in [3.05, 3.63) is 83.2 Å². The number of hydrogen-bond donors (Lipinski definition) is 3. The molecule has 4 rings (SSSR count). The number of fused-ring (bicyclic) bond motifs is 1. The summed E-state index contributed by atoms with van der Waals surface area (Å²) in [4.78, 5) is 27.7. The first kappa shape index (κ1) is 28.5. The molecular weight excluding hydrogens is 512 g/mol. The first-order valence-corrected chi connectivity index (χ1v) is 13.0. The molecule has 2 unspecified atom stereocenters. The molecule has 2 atom stereocenters. The van der Waals surface area contributed by atoms with Gasteiger partial charge in [-0.15, -0.1) is 0 Å². The standard InChI is InChI=1S/C29H32F4N4O2/c1-34-11-4-7-26-28(39)37(18-19-13-23(29(31,32)33)16-24(30)14-19)12-10-25(36-26)17-35-27(38)22-9-8-20-5-2-3-6-21(20)15-22/h2-3,5-6,8-9,13-16,25-26,34,36H,4,7,10-12,17-18H2,1H3,(H,35,38). The number of alkyl halides is 3. The van der Waals surface area contributed by atoms with Crippen LogP contribution in [0.3, 0.4) is 0 Å². The summed E-state index contributed by atoms with van der Waals surface area (Å²) in [5.41, 5.74) is -0.484. The largest absolute Gasteiger partial charge is 0.416 e. The molecule has 10 heteroatoms. The second-order valence-corrected chi connectivity index (χ2v) is 9.83. The molecule has 1 aliphatic rings. The lowest BCUT2D eigenvalue weighted by molar-refractivity contribution is -0.137. The number of nitrogens with zero attached hydrogens (tertiary/aromatic N) is 1. The van der Waals surface area contributed by atoms with Gasteiger partial charge in [-0.2, -0.15) is 13.2 Å². The van der Waals surface area contributed by atoms with E-state index in [1.165, 1.54) is 4.90 Å². The predicted molar refractivity (Wildman–Crippen MR) is 142 cm³/mol. The highest BCUT2D eigenvalue weighted by Gasteiger charge is 2.33. The number of amides is 2. The van der Waals surface area contributed by atoms with Crippen molar-refractivity contribution in [3.8, 4) is 0 Å². The van der Waals surface area contributed by atoms with E-state index in [9.17, 15) is 27.2 Å². The Labute approximate surface area is 224 Å². The van der Waals surface area contributed by atoms with Crippen LogP contribution in [0.4, 0.5) is 17.6 Å². The summed E-state index contributed by atoms with van der Waals surface area (Å²) < 4.78 is 53.6. The predicted octanol–water partition coefficient (Wildman–Crippen LogP) is 4.49. The van der Waals surface area contributed by atoms with Crippen molar-refractivity contribution in [1.29, 1.82) is 0 Å². The van der Waals surface area contributed by atoms with Gasteiger partial charge >= 0.3 is 6.18 Å². The maximum Gasteiger partial charge on any atom is 0.416 e. The number of benzene rings is 3. The highest BCUT2D eigenvalue weighted by molar-refractivity contribution is 5.98. The topological polar surface area (TPSA) is 73.5 Å². The van der Waals surface area contributed by atoms with Gasteiger partial charge in [0.05, 0.1) is 11.6 Å². The molecule has 1 fully saturated rings. The number of rotatable bonds is 9. The zero-order chi connectivity index (χ0) is 28.0. The summed E-state index contributed by atoms with van der Waals surface area (Å²) in [7, 11) is 1.81. The SMILES string of the molecule is CNCCCC1NC(CNC(=O)c2ccc3ccccc3c2)CCN(Cc2cc(F)cc(C(F)(F)F)c2)C1=O. The zero-order valence-corrected chi connectivity index (χ0v) is 21.7. The van der Waals surface area contributed by atoms with Crippen LogP contribution in [0.5, 0.6) is 0 Å². The maximum absolute atomic E-state index is 14.0. The molecule has 6 nitrogen and oxygen atoms in total. The molecule has 0 bridgehead atoms. The summed E-state index contributed by atoms with van der Waals surface area (Å²) in [5.74, 6) is -1.49. The third-order valence-corrected chi connectivity index (χ3v) is 6.89. The smallest absolute Gasteiger partial charge is 0.350 e. The van der Waals surface area contributed by atoms with E-state index in [4.69, 9.17) is 0 Å². The Morgan fingerprint density at radius 1 is 1.08 bits per heavy atom. The minimum atomic E-state index is -4.69. The van der Waals surface area contributed by atoms with E-state index in [1.54, 1.807) is 6.07 Å². The Balaban J connectivity index is 1.45. The maximum atomic E-state index is 14.0. The molecule has 1 aliphatic heterocycles. The lowest BCUT2D eigenvalue weighted by Gasteiger charge is -2.25. The van der Waals surface area contributed by atoms with Gasteiger partial charge in [-0.25, -0.2) is 4.39 Å². The fourth-order valence-electron chi connectivity index (χ4n) is 4.86. The molecule has 0 spiro atoms. The molecule has 1 heterocycles. The Hall–Kier alpha value is -3.50. The molecule has 39 heavy (non-hydrogen) atoms. The molecule has 208 valence electrons. The molecular formula is C29H32F4N4O2. The number of hydrogen-bond acceptors (Lipinski definition) is 4. The van der Waals surface area contributed by atoms with Crippen LogP contribution >= 0.6 is 0 Å². The van der Waals surface area contributed by atoms with E-state index in [0.717, 1.165) is 22.9 Å². The Morgan fingerprint density at radius 2 is 1.85 bits per heavy atom. The van der Waals surface area contributed by atoms with Crippen molar-refractivity contribution < 1.29 is 27.2 Å². The molecule has 0 radical (unpaired) electrons. The lowest BCUT2D eigenvalue weighted by atomic mass is 10.1. The first-order chi connectivity index (χ1) is 18.6. The molecule has 3 N–H and O–H groups in total. The van der Waals surface area contributed by atoms with Crippen molar-refractivity contribution in [2.24, 2.45) is 0 Å². The normalized spacial score (nSPS) is 18.3. The number of carbonyl (C=O) groups is 2. The summed E-state index contributed by atoms with van der Waals surface area (Å²) in [6.07, 6.45) is -3.02. The Kier molecular flexibility index (Phi) is 9.19. The van der Waals surface area contributed by atoms with Gasteiger partial charge in [-0.05, 0) is 79.5 Å². The highest BCUT2D eigenvalue weighted by Crippen LogP contribution is 2.31. The van der Waals surface area contributed by atoms with E-state index < -0.39 is 23.6 Å². The van der Waals surface area contributed by atoms with Gasteiger partial charge in [0.1, 0.15) is 5.82 Å². The molecule has 0 aliphatic carbocycles. The van der Waals surface area contributed by atoms with Crippen molar-refractivity contribution in [1.82, 2.24) is 20.9 Å². The van der Waals surface area contributed by atoms with Crippen molar-refractivity contribution in [2.75, 3.05) is 26.7 Å². The second kappa shape index (κ2) is 12.6. The summed E-state index contributed by atoms with van der Waals surface area (Å²) in [6.45, 7) is 1.07. The summed E-state index contributed by atoms with van der Waals surface area (Å²) in [6, 6.07) is 14.8. The van der Waals surface area contributed by atoms with E-state index >= 15 is 0 Å². The average molecular weight is 545 g/mol. The minimum absolute atomic E-state index is 0.0766. The van der Waals surface area contributed by atoms with Gasteiger partial charge in [0.2, 0.25) is 5.91 Å². The van der Waals surface area contributed by atoms with Crippen LogP contribution in [0.25, 0.3) is 10.8 Å². The van der Waals surface area contributed by atoms with Crippen molar-refractivity contribution in [3.63, 3.8) is 0 Å². The van der Waals surface area contributed by atoms with Gasteiger partial charge in [0, 0.05) is 31.2 Å². The van der Waals surface area contributed by atoms with Crippen molar-refractivity contribution in [2.45, 2.75) is 44.1 Å². The van der Waals surface area contributed by atoms with Gasteiger partial charge in [0.25, 0.3) is 5.91 Å². The van der Waals surface area contributed by atoms with Crippen LogP contribution < -0.4 is 16.0 Å². The monoisotopic (exact) mass is 544 g/mol. The van der Waals surface area contributed by atoms with Crippen LogP contribution in [0.2, 0.25) is 0 Å². The summed E-state index contributed by atoms with van der Waals surface area (Å²) in [5, 5.41) is 11.3. The third-order valence-electron chi connectivity index (χ3n) is 6.89. The van der Waals surface area contributed by atoms with Gasteiger partial charge in [-0.1, -0.05) is 30.3 Å². The van der Waals surface area contributed by atoms with Gasteiger partial charge < -0.3 is 20.9 Å². The fourth-order valence-corrected chi connectivity index (χ4v) is 4.86. The number of carbonyl (C=O) groups excluding carboxylic acids is 2. The lowest BCUT2D eigenvalue weighted by Crippen LogP contribution is -2.48. The Bertz CT molecular complexity index is 1310. The van der Waals surface area contributed by atoms with E-state index in [0.29, 0.717) is 37.4 Å². The first-order valence-electron chi connectivity index (χ1n) is 13.0. The summed E-state index contributed by atoms with van der Waals surface area (Å²) >= 11 is 0. The highest BCUT2D eigenvalue weighted by atomic mass is 19.4. The zero-order valence-electron chi connectivity index (χ0n) is 21.7. The molecule has 0 saturated carbocycles. The minimum Gasteiger partial charge on any atom is -0.350 e. The van der Waals surface area contributed by atoms with E-state index in [-0.39, 0.29) is 43.1 Å². The molecule has 3 aromatic carbocycles. The number of halogens is 4. The fraction of sp³-hybridized carbons (Fsp3) is 0.379. The number of nitrogens with one attached hydrogen (secondary N) is 3. The van der Waals surface area contributed by atoms with E-state index in [2.05, 4.69) is 16.0 Å². The molecule has 1 saturated heterocycles. The van der Waals surface area contributed by atoms with Gasteiger partial charge in [-0.3, -0.25) is 9.59 Å². The molecule has 0 aromatic heterocycles. The quantitative estimate of drug-likeness (QED) is 0.274. The molecule has 2 amide bonds. The van der Waals surface area contributed by atoms with Crippen molar-refractivity contribution >= 4 is 22.6 Å². The van der Waals surface area contributed by atoms with E-state index in [1.807, 2.05) is 43.4 Å². The average Bonchev–Trinajstić information content (AvgIpc) is 3.05. The molecule has 3 aromatic rings. The van der Waals surface area contributed by atoms with Crippen LogP contribution in [0, 0.1) is 5.82 Å². The Morgan fingerprint density at radius 3 is 2.59 bits per heavy atom. The van der Waals surface area contributed by atoms with Crippen LogP contribution in [0.1, 0.15) is 40.7 Å². The van der Waals surface area contributed by atoms with Crippen LogP contribution in [-0.4, -0.2) is 55.5 Å². The van der Waals surface area contributed by atoms with Crippen LogP contribution in [-0.2, 0) is 17.5 Å². The second-order valence-electron chi connectivity index (χ2n) is 9.83. The van der Waals surface area contributed by atoms with Crippen LogP contribution in [0.15, 0.2) is 60.7 Å². The third kappa shape index (κ3) is 7.54. The van der Waals surface area contributed by atoms with Gasteiger partial charge in [0.15, 0.2) is 0 Å².